The zero-order valence-electron chi connectivity index (χ0n) is 13.1. The highest BCUT2D eigenvalue weighted by molar-refractivity contribution is 5.91. The van der Waals surface area contributed by atoms with Gasteiger partial charge in [-0.05, 0) is 32.3 Å². The van der Waals surface area contributed by atoms with Crippen molar-refractivity contribution in [3.05, 3.63) is 35.9 Å². The molecular formula is C16H19N5O2. The minimum Gasteiger partial charge on any atom is -0.370 e. The number of carbonyl (C=O) groups excluding carboxylic acids is 1. The van der Waals surface area contributed by atoms with Crippen LogP contribution in [0, 0.1) is 0 Å². The molecule has 2 aliphatic heterocycles. The van der Waals surface area contributed by atoms with Gasteiger partial charge in [-0.15, -0.1) is 5.10 Å². The topological polar surface area (TPSA) is 72.6 Å². The molecule has 0 aliphatic carbocycles. The molecule has 7 heteroatoms. The second kappa shape index (κ2) is 5.42. The third-order valence-electron chi connectivity index (χ3n) is 4.60. The van der Waals surface area contributed by atoms with Gasteiger partial charge in [0.1, 0.15) is 0 Å². The van der Waals surface area contributed by atoms with E-state index in [4.69, 9.17) is 4.74 Å². The summed E-state index contributed by atoms with van der Waals surface area (Å²) in [6.45, 7) is 4.24. The van der Waals surface area contributed by atoms with Crippen molar-refractivity contribution in [2.24, 2.45) is 0 Å². The molecule has 0 atom stereocenters. The Hall–Kier alpha value is -2.28. The fourth-order valence-electron chi connectivity index (χ4n) is 3.32. The summed E-state index contributed by atoms with van der Waals surface area (Å²) in [7, 11) is 0. The van der Waals surface area contributed by atoms with Gasteiger partial charge in [0.2, 0.25) is 5.82 Å². The second-order valence-electron chi connectivity index (χ2n) is 6.25. The molecule has 0 saturated carbocycles. The number of nitrogens with zero attached hydrogens (tertiary/aromatic N) is 5. The van der Waals surface area contributed by atoms with Gasteiger partial charge in [-0.3, -0.25) is 4.79 Å². The molecular weight excluding hydrogens is 294 g/mol. The van der Waals surface area contributed by atoms with Crippen LogP contribution >= 0.6 is 0 Å². The van der Waals surface area contributed by atoms with Crippen LogP contribution in [-0.4, -0.2) is 55.7 Å². The van der Waals surface area contributed by atoms with E-state index in [1.807, 2.05) is 0 Å². The van der Waals surface area contributed by atoms with Crippen LogP contribution in [0.2, 0.25) is 0 Å². The molecule has 1 saturated heterocycles. The predicted octanol–water partition coefficient (Wildman–Crippen LogP) is 1.47. The summed E-state index contributed by atoms with van der Waals surface area (Å²) in [6.07, 6.45) is 8.26. The Morgan fingerprint density at radius 2 is 2.17 bits per heavy atom. The maximum absolute atomic E-state index is 12.6. The van der Waals surface area contributed by atoms with E-state index in [9.17, 15) is 4.79 Å². The lowest BCUT2D eigenvalue weighted by atomic mass is 9.87. The van der Waals surface area contributed by atoms with Crippen LogP contribution in [-0.2, 0) is 4.74 Å². The van der Waals surface area contributed by atoms with Crippen LogP contribution in [0.25, 0.3) is 5.78 Å². The van der Waals surface area contributed by atoms with Crippen molar-refractivity contribution in [1.29, 1.82) is 0 Å². The van der Waals surface area contributed by atoms with Gasteiger partial charge in [0.15, 0.2) is 0 Å². The summed E-state index contributed by atoms with van der Waals surface area (Å²) in [5, 5.41) is 4.21. The van der Waals surface area contributed by atoms with E-state index in [1.54, 1.807) is 23.4 Å². The maximum atomic E-state index is 12.6. The highest BCUT2D eigenvalue weighted by Crippen LogP contribution is 2.33. The van der Waals surface area contributed by atoms with Crippen molar-refractivity contribution in [2.45, 2.75) is 31.8 Å². The molecule has 23 heavy (non-hydrogen) atoms. The standard InChI is InChI=1S/C16H19N5O2/c1-12-3-10-23-16(11-12)4-8-20(9-5-16)14(22)13-18-15-17-6-2-7-21(15)19-13/h2,6-7,11H,3-5,8-10H2,1H3. The predicted molar refractivity (Wildman–Crippen MR) is 83.0 cm³/mol. The molecule has 0 unspecified atom stereocenters. The third-order valence-corrected chi connectivity index (χ3v) is 4.60. The molecule has 1 fully saturated rings. The molecule has 7 nitrogen and oxygen atoms in total. The van der Waals surface area contributed by atoms with Crippen LogP contribution in [0.3, 0.4) is 0 Å². The van der Waals surface area contributed by atoms with Gasteiger partial charge in [-0.2, -0.15) is 4.98 Å². The molecule has 4 heterocycles. The van der Waals surface area contributed by atoms with E-state index in [0.29, 0.717) is 18.9 Å². The van der Waals surface area contributed by atoms with Crippen molar-refractivity contribution in [3.8, 4) is 0 Å². The van der Waals surface area contributed by atoms with Crippen molar-refractivity contribution in [3.63, 3.8) is 0 Å². The molecule has 4 rings (SSSR count). The number of fused-ring (bicyclic) bond motifs is 1. The van der Waals surface area contributed by atoms with Gasteiger partial charge >= 0.3 is 0 Å². The number of likely N-dealkylation sites (tertiary alicyclic amines) is 1. The number of amides is 1. The summed E-state index contributed by atoms with van der Waals surface area (Å²) in [6, 6.07) is 1.76. The smallest absolute Gasteiger partial charge is 0.293 e. The minimum atomic E-state index is -0.187. The zero-order valence-corrected chi connectivity index (χ0v) is 13.1. The summed E-state index contributed by atoms with van der Waals surface area (Å²) in [5.74, 6) is 0.510. The Kier molecular flexibility index (Phi) is 3.37. The first-order valence-electron chi connectivity index (χ1n) is 7.94. The molecule has 1 amide bonds. The average molecular weight is 313 g/mol. The average Bonchev–Trinajstić information content (AvgIpc) is 2.99. The molecule has 0 bridgehead atoms. The first-order valence-corrected chi connectivity index (χ1v) is 7.94. The lowest BCUT2D eigenvalue weighted by Gasteiger charge is -2.41. The van der Waals surface area contributed by atoms with Crippen molar-refractivity contribution >= 4 is 11.7 Å². The molecule has 0 aromatic carbocycles. The number of hydrogen-bond acceptors (Lipinski definition) is 5. The Bertz CT molecular complexity index is 741. The largest absolute Gasteiger partial charge is 0.370 e. The van der Waals surface area contributed by atoms with Crippen LogP contribution in [0.4, 0.5) is 0 Å². The van der Waals surface area contributed by atoms with Gasteiger partial charge in [-0.25, -0.2) is 9.50 Å². The summed E-state index contributed by atoms with van der Waals surface area (Å²) in [5.41, 5.74) is 1.19. The Morgan fingerprint density at radius 1 is 1.35 bits per heavy atom. The third kappa shape index (κ3) is 2.61. The van der Waals surface area contributed by atoms with Crippen molar-refractivity contribution < 1.29 is 9.53 Å². The first-order chi connectivity index (χ1) is 11.2. The van der Waals surface area contributed by atoms with Crippen LogP contribution in [0.1, 0.15) is 36.8 Å². The SMILES string of the molecule is CC1=CC2(CCN(C(=O)c3nc4ncccn4n3)CC2)OCC1. The fourth-order valence-corrected chi connectivity index (χ4v) is 3.32. The Labute approximate surface area is 134 Å². The van der Waals surface area contributed by atoms with Crippen molar-refractivity contribution in [2.75, 3.05) is 19.7 Å². The lowest BCUT2D eigenvalue weighted by Crippen LogP contribution is -2.48. The molecule has 2 aromatic heterocycles. The van der Waals surface area contributed by atoms with Crippen LogP contribution < -0.4 is 0 Å². The Morgan fingerprint density at radius 3 is 2.91 bits per heavy atom. The van der Waals surface area contributed by atoms with E-state index >= 15 is 0 Å². The highest BCUT2D eigenvalue weighted by atomic mass is 16.5. The van der Waals surface area contributed by atoms with E-state index in [1.165, 1.54) is 10.1 Å². The normalized spacial score (nSPS) is 20.7. The molecule has 120 valence electrons. The van der Waals surface area contributed by atoms with E-state index < -0.39 is 0 Å². The van der Waals surface area contributed by atoms with Crippen LogP contribution in [0.5, 0.6) is 0 Å². The first kappa shape index (κ1) is 14.3. The van der Waals surface area contributed by atoms with Gasteiger partial charge < -0.3 is 9.64 Å². The second-order valence-corrected chi connectivity index (χ2v) is 6.25. The fraction of sp³-hybridized carbons (Fsp3) is 0.500. The molecule has 1 spiro atoms. The summed E-state index contributed by atoms with van der Waals surface area (Å²) in [4.78, 5) is 22.7. The number of hydrogen-bond donors (Lipinski definition) is 0. The molecule has 2 aliphatic rings. The number of ether oxygens (including phenoxy) is 1. The number of rotatable bonds is 1. The van der Waals surface area contributed by atoms with E-state index in [-0.39, 0.29) is 17.3 Å². The number of piperidine rings is 1. The minimum absolute atomic E-state index is 0.137. The van der Waals surface area contributed by atoms with Gasteiger partial charge in [0.25, 0.3) is 11.7 Å². The number of aromatic nitrogens is 4. The molecule has 0 N–H and O–H groups in total. The van der Waals surface area contributed by atoms with Gasteiger partial charge in [-0.1, -0.05) is 11.6 Å². The number of carbonyl (C=O) groups is 1. The van der Waals surface area contributed by atoms with Crippen LogP contribution in [0.15, 0.2) is 30.1 Å². The zero-order chi connectivity index (χ0) is 15.9. The van der Waals surface area contributed by atoms with E-state index in [0.717, 1.165) is 25.9 Å². The summed E-state index contributed by atoms with van der Waals surface area (Å²) < 4.78 is 7.52. The maximum Gasteiger partial charge on any atom is 0.293 e. The Balaban J connectivity index is 1.49. The van der Waals surface area contributed by atoms with Gasteiger partial charge in [0.05, 0.1) is 12.2 Å². The van der Waals surface area contributed by atoms with Crippen molar-refractivity contribution in [1.82, 2.24) is 24.5 Å². The monoisotopic (exact) mass is 313 g/mol. The lowest BCUT2D eigenvalue weighted by molar-refractivity contribution is -0.0523. The highest BCUT2D eigenvalue weighted by Gasteiger charge is 2.37. The van der Waals surface area contributed by atoms with E-state index in [2.05, 4.69) is 28.1 Å². The van der Waals surface area contributed by atoms with Gasteiger partial charge in [0, 0.05) is 25.5 Å². The molecule has 2 aromatic rings. The quantitative estimate of drug-likeness (QED) is 0.745. The summed E-state index contributed by atoms with van der Waals surface area (Å²) >= 11 is 0. The molecule has 0 radical (unpaired) electrons.